The van der Waals surface area contributed by atoms with Crippen molar-refractivity contribution in [1.29, 1.82) is 0 Å². The number of nitrogens with two attached hydrogens (primary N) is 1. The molecule has 4 nitrogen and oxygen atoms in total. The normalized spacial score (nSPS) is 14.6. The topological polar surface area (TPSA) is 54.2 Å². The molecule has 0 bridgehead atoms. The molecule has 24 heavy (non-hydrogen) atoms. The summed E-state index contributed by atoms with van der Waals surface area (Å²) in [6.45, 7) is 5.13. The van der Waals surface area contributed by atoms with Crippen molar-refractivity contribution in [3.05, 3.63) is 52.5 Å². The molecule has 0 radical (unpaired) electrons. The van der Waals surface area contributed by atoms with Crippen LogP contribution in [0, 0.1) is 6.92 Å². The fourth-order valence-electron chi connectivity index (χ4n) is 3.18. The molecule has 1 aromatic carbocycles. The second-order valence-electron chi connectivity index (χ2n) is 6.33. The van der Waals surface area contributed by atoms with Crippen LogP contribution in [0.4, 0.5) is 11.4 Å². The molecule has 1 fully saturated rings. The average Bonchev–Trinajstić information content (AvgIpc) is 3.22. The molecular formula is C19H22N4S. The zero-order valence-corrected chi connectivity index (χ0v) is 14.7. The number of thiophene rings is 1. The first kappa shape index (κ1) is 15.4. The molecule has 0 saturated carbocycles. The van der Waals surface area contributed by atoms with Gasteiger partial charge in [-0.15, -0.1) is 11.3 Å². The predicted molar refractivity (Wildman–Crippen MR) is 103 cm³/mol. The summed E-state index contributed by atoms with van der Waals surface area (Å²) in [5, 5.41) is 4.46. The van der Waals surface area contributed by atoms with Gasteiger partial charge in [0.25, 0.3) is 0 Å². The monoisotopic (exact) mass is 338 g/mol. The van der Waals surface area contributed by atoms with Crippen LogP contribution in [0.2, 0.25) is 0 Å². The third-order valence-corrected chi connectivity index (χ3v) is 5.79. The van der Waals surface area contributed by atoms with Crippen LogP contribution in [0.1, 0.15) is 16.1 Å². The SMILES string of the molecule is Cc1ccc2c(N)c(CCc3ccc(N4CCNC4)cc3)sc2n1. The molecule has 5 heteroatoms. The maximum absolute atomic E-state index is 6.32. The van der Waals surface area contributed by atoms with E-state index in [2.05, 4.69) is 45.5 Å². The van der Waals surface area contributed by atoms with Gasteiger partial charge in [0, 0.05) is 34.7 Å². The van der Waals surface area contributed by atoms with Gasteiger partial charge in [-0.05, 0) is 49.6 Å². The number of fused-ring (bicyclic) bond motifs is 1. The Labute approximate surface area is 146 Å². The molecule has 3 heterocycles. The van der Waals surface area contributed by atoms with Crippen LogP contribution in [0.5, 0.6) is 0 Å². The standard InChI is InChI=1S/C19H22N4S/c1-13-2-8-16-18(20)17(24-19(16)22-13)9-5-14-3-6-15(7-4-14)23-11-10-21-12-23/h2-4,6-8,21H,5,9-12,20H2,1H3. The quantitative estimate of drug-likeness (QED) is 0.766. The second-order valence-corrected chi connectivity index (χ2v) is 7.42. The lowest BCUT2D eigenvalue weighted by atomic mass is 10.1. The maximum atomic E-state index is 6.32. The number of anilines is 2. The average molecular weight is 338 g/mol. The molecule has 0 atom stereocenters. The van der Waals surface area contributed by atoms with Crippen LogP contribution in [0.15, 0.2) is 36.4 Å². The van der Waals surface area contributed by atoms with E-state index < -0.39 is 0 Å². The third-order valence-electron chi connectivity index (χ3n) is 4.61. The zero-order chi connectivity index (χ0) is 16.5. The van der Waals surface area contributed by atoms with E-state index in [1.54, 1.807) is 11.3 Å². The van der Waals surface area contributed by atoms with E-state index in [4.69, 9.17) is 5.73 Å². The maximum Gasteiger partial charge on any atom is 0.125 e. The molecule has 1 saturated heterocycles. The van der Waals surface area contributed by atoms with Gasteiger partial charge >= 0.3 is 0 Å². The Bertz CT molecular complexity index is 848. The second kappa shape index (κ2) is 6.42. The summed E-state index contributed by atoms with van der Waals surface area (Å²) in [6.07, 6.45) is 1.98. The highest BCUT2D eigenvalue weighted by atomic mass is 32.1. The third kappa shape index (κ3) is 2.97. The minimum atomic E-state index is 0.905. The summed E-state index contributed by atoms with van der Waals surface area (Å²) in [6, 6.07) is 13.0. The number of aryl methyl sites for hydroxylation is 3. The Balaban J connectivity index is 1.47. The lowest BCUT2D eigenvalue weighted by Gasteiger charge is -2.16. The molecule has 0 unspecified atom stereocenters. The number of nitrogens with one attached hydrogen (secondary N) is 1. The van der Waals surface area contributed by atoms with E-state index in [-0.39, 0.29) is 0 Å². The molecule has 1 aliphatic heterocycles. The number of aromatic nitrogens is 1. The fraction of sp³-hybridized carbons (Fsp3) is 0.316. The van der Waals surface area contributed by atoms with Gasteiger partial charge < -0.3 is 10.6 Å². The van der Waals surface area contributed by atoms with Crippen molar-refractivity contribution in [3.8, 4) is 0 Å². The van der Waals surface area contributed by atoms with Crippen molar-refractivity contribution in [2.75, 3.05) is 30.4 Å². The van der Waals surface area contributed by atoms with Crippen LogP contribution in [0.3, 0.4) is 0 Å². The minimum Gasteiger partial charge on any atom is -0.397 e. The van der Waals surface area contributed by atoms with E-state index in [0.29, 0.717) is 0 Å². The number of rotatable bonds is 4. The largest absolute Gasteiger partial charge is 0.397 e. The first-order valence-electron chi connectivity index (χ1n) is 8.40. The highest BCUT2D eigenvalue weighted by molar-refractivity contribution is 7.19. The van der Waals surface area contributed by atoms with Gasteiger partial charge in [0.2, 0.25) is 0 Å². The Morgan fingerprint density at radius 2 is 2.00 bits per heavy atom. The molecule has 0 aliphatic carbocycles. The highest BCUT2D eigenvalue weighted by Gasteiger charge is 2.12. The van der Waals surface area contributed by atoms with Crippen LogP contribution in [-0.4, -0.2) is 24.7 Å². The predicted octanol–water partition coefficient (Wildman–Crippen LogP) is 3.34. The van der Waals surface area contributed by atoms with Gasteiger partial charge in [-0.3, -0.25) is 5.32 Å². The van der Waals surface area contributed by atoms with Crippen LogP contribution >= 0.6 is 11.3 Å². The minimum absolute atomic E-state index is 0.905. The Morgan fingerprint density at radius 1 is 1.17 bits per heavy atom. The van der Waals surface area contributed by atoms with E-state index in [1.165, 1.54) is 16.1 Å². The van der Waals surface area contributed by atoms with Crippen molar-refractivity contribution >= 4 is 32.9 Å². The number of benzene rings is 1. The van der Waals surface area contributed by atoms with E-state index >= 15 is 0 Å². The van der Waals surface area contributed by atoms with Gasteiger partial charge in [-0.2, -0.15) is 0 Å². The van der Waals surface area contributed by atoms with Crippen molar-refractivity contribution in [2.45, 2.75) is 19.8 Å². The van der Waals surface area contributed by atoms with E-state index in [9.17, 15) is 0 Å². The lowest BCUT2D eigenvalue weighted by molar-refractivity contribution is 0.855. The highest BCUT2D eigenvalue weighted by Crippen LogP contribution is 2.33. The summed E-state index contributed by atoms with van der Waals surface area (Å²) < 4.78 is 0. The Morgan fingerprint density at radius 3 is 2.75 bits per heavy atom. The summed E-state index contributed by atoms with van der Waals surface area (Å²) >= 11 is 1.73. The molecule has 1 aliphatic rings. The van der Waals surface area contributed by atoms with Gasteiger partial charge in [0.05, 0.1) is 12.4 Å². The van der Waals surface area contributed by atoms with Gasteiger partial charge in [-0.25, -0.2) is 4.98 Å². The Kier molecular flexibility index (Phi) is 4.12. The molecule has 124 valence electrons. The number of hydrogen-bond donors (Lipinski definition) is 2. The molecule has 0 spiro atoms. The number of pyridine rings is 1. The van der Waals surface area contributed by atoms with E-state index in [0.717, 1.165) is 54.2 Å². The van der Waals surface area contributed by atoms with Crippen molar-refractivity contribution < 1.29 is 0 Å². The lowest BCUT2D eigenvalue weighted by Crippen LogP contribution is -2.20. The molecule has 0 amide bonds. The van der Waals surface area contributed by atoms with Gasteiger partial charge in [-0.1, -0.05) is 12.1 Å². The van der Waals surface area contributed by atoms with E-state index in [1.807, 2.05) is 13.0 Å². The van der Waals surface area contributed by atoms with Gasteiger partial charge in [0.1, 0.15) is 4.83 Å². The number of nitrogen functional groups attached to an aromatic ring is 1. The molecule has 4 rings (SSSR count). The van der Waals surface area contributed by atoms with Crippen LogP contribution in [0.25, 0.3) is 10.2 Å². The summed E-state index contributed by atoms with van der Waals surface area (Å²) in [7, 11) is 0. The number of hydrogen-bond acceptors (Lipinski definition) is 5. The van der Waals surface area contributed by atoms with Crippen molar-refractivity contribution in [1.82, 2.24) is 10.3 Å². The zero-order valence-electron chi connectivity index (χ0n) is 13.9. The smallest absolute Gasteiger partial charge is 0.125 e. The molecule has 2 aromatic heterocycles. The molecular weight excluding hydrogens is 316 g/mol. The molecule has 3 aromatic rings. The summed E-state index contributed by atoms with van der Waals surface area (Å²) in [5.41, 5.74) is 10.9. The van der Waals surface area contributed by atoms with Crippen LogP contribution < -0.4 is 16.0 Å². The van der Waals surface area contributed by atoms with Crippen molar-refractivity contribution in [2.24, 2.45) is 0 Å². The van der Waals surface area contributed by atoms with Gasteiger partial charge in [0.15, 0.2) is 0 Å². The Hall–Kier alpha value is -2.11. The summed E-state index contributed by atoms with van der Waals surface area (Å²) in [5.74, 6) is 0. The summed E-state index contributed by atoms with van der Waals surface area (Å²) in [4.78, 5) is 9.26. The van der Waals surface area contributed by atoms with Crippen LogP contribution in [-0.2, 0) is 12.8 Å². The first-order chi connectivity index (χ1) is 11.7. The molecule has 3 N–H and O–H groups in total. The fourth-order valence-corrected chi connectivity index (χ4v) is 4.32. The number of nitrogens with zero attached hydrogens (tertiary/aromatic N) is 2. The van der Waals surface area contributed by atoms with Crippen molar-refractivity contribution in [3.63, 3.8) is 0 Å². The first-order valence-corrected chi connectivity index (χ1v) is 9.21.